The Balaban J connectivity index is 1.81. The van der Waals surface area contributed by atoms with Crippen LogP contribution in [0.15, 0.2) is 59.1 Å². The second-order valence-corrected chi connectivity index (χ2v) is 10.6. The Kier molecular flexibility index (Phi) is 8.00. The lowest BCUT2D eigenvalue weighted by Gasteiger charge is -2.43. The van der Waals surface area contributed by atoms with Gasteiger partial charge in [0.1, 0.15) is 18.2 Å². The van der Waals surface area contributed by atoms with E-state index in [0.717, 1.165) is 5.70 Å². The van der Waals surface area contributed by atoms with Crippen LogP contribution >= 0.6 is 11.6 Å². The average molecular weight is 540 g/mol. The summed E-state index contributed by atoms with van der Waals surface area (Å²) in [7, 11) is 3.06. The minimum Gasteiger partial charge on any atom is -0.493 e. The summed E-state index contributed by atoms with van der Waals surface area (Å²) < 4.78 is 30.8. The topological polar surface area (TPSA) is 97.8 Å². The Morgan fingerprint density at radius 1 is 1.24 bits per heavy atom. The van der Waals surface area contributed by atoms with Crippen LogP contribution in [0.3, 0.4) is 0 Å². The molecule has 1 atom stereocenters. The third-order valence-corrected chi connectivity index (χ3v) is 7.20. The van der Waals surface area contributed by atoms with Crippen molar-refractivity contribution in [1.29, 1.82) is 5.26 Å². The van der Waals surface area contributed by atoms with Gasteiger partial charge in [0.2, 0.25) is 0 Å². The predicted octanol–water partition coefficient (Wildman–Crippen LogP) is 5.45. The van der Waals surface area contributed by atoms with E-state index in [4.69, 9.17) is 31.5 Å². The molecule has 2 N–H and O–H groups in total. The van der Waals surface area contributed by atoms with Crippen LogP contribution in [0, 0.1) is 22.6 Å². The van der Waals surface area contributed by atoms with Crippen molar-refractivity contribution in [2.75, 3.05) is 27.4 Å². The standard InChI is InChI=1S/C29H31ClFN3O4/c1-29(2)13-22-26(23(35)14-29)25(19(15-32)28(33)34(22)9-10-36-3)18-11-20(30)27(24(12-18)37-4)38-16-17-7-5-6-8-21(17)31/h5-8,11-12,25H,9-10,13-14,16,33H2,1-4H3/t25-/m0/s1. The Hall–Kier alpha value is -3.54. The molecule has 0 radical (unpaired) electrons. The molecule has 2 aromatic carbocycles. The second kappa shape index (κ2) is 11.1. The zero-order valence-electron chi connectivity index (χ0n) is 21.9. The second-order valence-electron chi connectivity index (χ2n) is 10.2. The van der Waals surface area contributed by atoms with Gasteiger partial charge in [-0.2, -0.15) is 5.26 Å². The monoisotopic (exact) mass is 539 g/mol. The van der Waals surface area contributed by atoms with Crippen LogP contribution in [-0.4, -0.2) is 38.1 Å². The van der Waals surface area contributed by atoms with E-state index in [1.165, 1.54) is 13.2 Å². The van der Waals surface area contributed by atoms with E-state index in [-0.39, 0.29) is 40.0 Å². The van der Waals surface area contributed by atoms with Gasteiger partial charge in [-0.1, -0.05) is 43.6 Å². The van der Waals surface area contributed by atoms with E-state index in [1.807, 2.05) is 18.7 Å². The largest absolute Gasteiger partial charge is 0.493 e. The normalized spacial score (nSPS) is 18.8. The van der Waals surface area contributed by atoms with Gasteiger partial charge in [0.05, 0.1) is 36.3 Å². The molecule has 0 saturated carbocycles. The fourth-order valence-electron chi connectivity index (χ4n) is 5.16. The summed E-state index contributed by atoms with van der Waals surface area (Å²) in [5.41, 5.74) is 8.82. The van der Waals surface area contributed by atoms with Crippen molar-refractivity contribution in [2.45, 2.75) is 39.2 Å². The number of hydrogen-bond acceptors (Lipinski definition) is 7. The van der Waals surface area contributed by atoms with Gasteiger partial charge in [-0.25, -0.2) is 4.39 Å². The van der Waals surface area contributed by atoms with Crippen molar-refractivity contribution in [3.05, 3.63) is 81.0 Å². The third kappa shape index (κ3) is 5.22. The molecule has 1 aliphatic heterocycles. The summed E-state index contributed by atoms with van der Waals surface area (Å²) in [5, 5.41) is 10.4. The first kappa shape index (κ1) is 27.5. The minimum absolute atomic E-state index is 0.0427. The highest BCUT2D eigenvalue weighted by Crippen LogP contribution is 2.50. The first-order chi connectivity index (χ1) is 18.1. The van der Waals surface area contributed by atoms with Crippen LogP contribution in [0.5, 0.6) is 11.5 Å². The summed E-state index contributed by atoms with van der Waals surface area (Å²) >= 11 is 6.66. The van der Waals surface area contributed by atoms with Gasteiger partial charge in [-0.15, -0.1) is 0 Å². The fraction of sp³-hybridized carbons (Fsp3) is 0.379. The zero-order valence-corrected chi connectivity index (χ0v) is 22.7. The van der Waals surface area contributed by atoms with E-state index < -0.39 is 11.7 Å². The lowest BCUT2D eigenvalue weighted by molar-refractivity contribution is -0.118. The van der Waals surface area contributed by atoms with E-state index in [9.17, 15) is 14.4 Å². The molecule has 0 fully saturated rings. The molecule has 0 aromatic heterocycles. The smallest absolute Gasteiger partial charge is 0.180 e. The first-order valence-electron chi connectivity index (χ1n) is 12.3. The summed E-state index contributed by atoms with van der Waals surface area (Å²) in [6, 6.07) is 11.9. The number of methoxy groups -OCH3 is 2. The number of nitrogens with zero attached hydrogens (tertiary/aromatic N) is 2. The van der Waals surface area contributed by atoms with E-state index in [1.54, 1.807) is 37.4 Å². The number of nitriles is 1. The molecule has 0 bridgehead atoms. The molecular formula is C29H31ClFN3O4. The third-order valence-electron chi connectivity index (χ3n) is 6.92. The number of benzene rings is 2. The minimum atomic E-state index is -0.718. The molecule has 0 unspecified atom stereocenters. The molecule has 2 aromatic rings. The summed E-state index contributed by atoms with van der Waals surface area (Å²) in [4.78, 5) is 15.4. The molecular weight excluding hydrogens is 509 g/mol. The summed E-state index contributed by atoms with van der Waals surface area (Å²) in [6.07, 6.45) is 0.955. The molecule has 38 heavy (non-hydrogen) atoms. The number of hydrogen-bond donors (Lipinski definition) is 1. The molecule has 0 amide bonds. The molecule has 0 saturated heterocycles. The van der Waals surface area contributed by atoms with E-state index in [2.05, 4.69) is 6.07 Å². The quantitative estimate of drug-likeness (QED) is 0.476. The number of Topliss-reactive ketones (excluding diaryl/α,β-unsaturated/α-hetero) is 1. The zero-order chi connectivity index (χ0) is 27.6. The van der Waals surface area contributed by atoms with Crippen LogP contribution in [0.1, 0.15) is 43.7 Å². The van der Waals surface area contributed by atoms with Crippen LogP contribution in [0.2, 0.25) is 5.02 Å². The first-order valence-corrected chi connectivity index (χ1v) is 12.7. The number of carbonyl (C=O) groups is 1. The van der Waals surface area contributed by atoms with Crippen LogP contribution in [0.4, 0.5) is 4.39 Å². The van der Waals surface area contributed by atoms with E-state index >= 15 is 0 Å². The number of rotatable bonds is 8. The summed E-state index contributed by atoms with van der Waals surface area (Å²) in [5.74, 6) is -0.333. The molecule has 4 rings (SSSR count). The molecule has 9 heteroatoms. The highest BCUT2D eigenvalue weighted by molar-refractivity contribution is 6.32. The predicted molar refractivity (Wildman–Crippen MR) is 142 cm³/mol. The van der Waals surface area contributed by atoms with Crippen LogP contribution in [0.25, 0.3) is 0 Å². The number of carbonyl (C=O) groups excluding carboxylic acids is 1. The van der Waals surface area contributed by atoms with Crippen molar-refractivity contribution >= 4 is 17.4 Å². The lowest BCUT2D eigenvalue weighted by atomic mass is 9.68. The maximum absolute atomic E-state index is 14.1. The Morgan fingerprint density at radius 2 is 1.97 bits per heavy atom. The average Bonchev–Trinajstić information content (AvgIpc) is 2.86. The van der Waals surface area contributed by atoms with Gasteiger partial charge in [-0.05, 0) is 35.6 Å². The van der Waals surface area contributed by atoms with Gasteiger partial charge in [0.25, 0.3) is 0 Å². The van der Waals surface area contributed by atoms with Crippen molar-refractivity contribution in [3.63, 3.8) is 0 Å². The molecule has 1 heterocycles. The molecule has 0 spiro atoms. The molecule has 7 nitrogen and oxygen atoms in total. The number of ketones is 1. The SMILES string of the molecule is COCCN1C(N)=C(C#N)[C@H](c2cc(Cl)c(OCc3ccccc3F)c(OC)c2)C2=C1CC(C)(C)CC2=O. The lowest BCUT2D eigenvalue weighted by Crippen LogP contribution is -2.43. The van der Waals surface area contributed by atoms with Gasteiger partial charge in [0, 0.05) is 36.9 Å². The molecule has 1 aliphatic carbocycles. The summed E-state index contributed by atoms with van der Waals surface area (Å²) in [6.45, 7) is 4.82. The van der Waals surface area contributed by atoms with Crippen molar-refractivity contribution in [2.24, 2.45) is 11.1 Å². The highest BCUT2D eigenvalue weighted by Gasteiger charge is 2.44. The number of ether oxygens (including phenoxy) is 3. The van der Waals surface area contributed by atoms with Gasteiger partial charge in [0.15, 0.2) is 17.3 Å². The molecule has 2 aliphatic rings. The van der Waals surface area contributed by atoms with Crippen LogP contribution in [-0.2, 0) is 16.1 Å². The molecule has 200 valence electrons. The van der Waals surface area contributed by atoms with Gasteiger partial charge >= 0.3 is 0 Å². The van der Waals surface area contributed by atoms with Crippen molar-refractivity contribution < 1.29 is 23.4 Å². The van der Waals surface area contributed by atoms with Gasteiger partial charge < -0.3 is 24.8 Å². The highest BCUT2D eigenvalue weighted by atomic mass is 35.5. The van der Waals surface area contributed by atoms with Gasteiger partial charge in [-0.3, -0.25) is 4.79 Å². The van der Waals surface area contributed by atoms with Crippen LogP contribution < -0.4 is 15.2 Å². The van der Waals surface area contributed by atoms with E-state index in [0.29, 0.717) is 48.4 Å². The number of nitrogens with two attached hydrogens (primary N) is 1. The Morgan fingerprint density at radius 3 is 2.63 bits per heavy atom. The Bertz CT molecular complexity index is 1360. The maximum Gasteiger partial charge on any atom is 0.180 e. The Labute approximate surface area is 227 Å². The fourth-order valence-corrected chi connectivity index (χ4v) is 5.43. The van der Waals surface area contributed by atoms with Crippen molar-refractivity contribution in [3.8, 4) is 17.6 Å². The number of allylic oxidation sites excluding steroid dienone is 3. The van der Waals surface area contributed by atoms with Crippen molar-refractivity contribution in [1.82, 2.24) is 4.90 Å². The number of halogens is 2. The maximum atomic E-state index is 14.1.